The van der Waals surface area contributed by atoms with Crippen LogP contribution < -0.4 is 0 Å². The summed E-state index contributed by atoms with van der Waals surface area (Å²) in [6.45, 7) is 0. The molecule has 0 fully saturated rings. The molecule has 1 N–H and O–H groups in total. The second-order valence-electron chi connectivity index (χ2n) is 1.19. The number of nitrogens with zero attached hydrogens (tertiary/aromatic N) is 1. The maximum absolute atomic E-state index is 8.19. The van der Waals surface area contributed by atoms with E-state index in [0.717, 1.165) is 4.88 Å². The van der Waals surface area contributed by atoms with Crippen LogP contribution in [0.15, 0.2) is 17.5 Å². The van der Waals surface area contributed by atoms with Crippen LogP contribution in [-0.2, 0) is 0 Å². The third-order valence-corrected chi connectivity index (χ3v) is 1.41. The molecule has 0 aliphatic carbocycles. The van der Waals surface area contributed by atoms with E-state index < -0.39 is 0 Å². The van der Waals surface area contributed by atoms with Crippen molar-refractivity contribution in [3.05, 3.63) is 22.4 Å². The van der Waals surface area contributed by atoms with Crippen molar-refractivity contribution < 1.29 is 0 Å². The van der Waals surface area contributed by atoms with Crippen LogP contribution in [0, 0.1) is 16.7 Å². The fourth-order valence-electron chi connectivity index (χ4n) is 0.342. The molecule has 0 bridgehead atoms. The molecule has 0 atom stereocenters. The molecule has 0 amide bonds. The Morgan fingerprint density at radius 1 is 1.70 bits per heavy atom. The lowest BCUT2D eigenvalue weighted by atomic mass is 10.5. The van der Waals surface area contributed by atoms with Gasteiger partial charge in [0.1, 0.15) is 10.9 Å². The molecule has 10 heavy (non-hydrogen) atoms. The molecule has 1 rings (SSSR count). The Bertz CT molecular complexity index is 239. The zero-order valence-electron chi connectivity index (χ0n) is 5.00. The van der Waals surface area contributed by atoms with Crippen molar-refractivity contribution in [1.82, 2.24) is 0 Å². The Hall–Kier alpha value is -1.01. The SMILES string of the molecule is N#Cc1cccs1.N=C=S. The van der Waals surface area contributed by atoms with E-state index >= 15 is 0 Å². The number of thiophene rings is 1. The molecule has 1 aromatic heterocycles. The van der Waals surface area contributed by atoms with Crippen LogP contribution in [0.4, 0.5) is 0 Å². The minimum atomic E-state index is 0.778. The smallest absolute Gasteiger partial charge is 0.110 e. The second-order valence-corrected chi connectivity index (χ2v) is 2.34. The number of nitrogens with one attached hydrogen (secondary N) is 1. The predicted molar refractivity (Wildman–Crippen MR) is 44.4 cm³/mol. The number of hydrogen-bond donors (Lipinski definition) is 1. The van der Waals surface area contributed by atoms with Crippen molar-refractivity contribution in [3.8, 4) is 6.07 Å². The third-order valence-electron chi connectivity index (χ3n) is 0.631. The van der Waals surface area contributed by atoms with Gasteiger partial charge in [0.25, 0.3) is 0 Å². The van der Waals surface area contributed by atoms with Gasteiger partial charge in [0, 0.05) is 0 Å². The Morgan fingerprint density at radius 2 is 2.30 bits per heavy atom. The van der Waals surface area contributed by atoms with Gasteiger partial charge in [-0.3, -0.25) is 0 Å². The average Bonchev–Trinajstić information content (AvgIpc) is 2.39. The highest BCUT2D eigenvalue weighted by molar-refractivity contribution is 7.78. The van der Waals surface area contributed by atoms with Gasteiger partial charge in [0.05, 0.1) is 5.16 Å². The van der Waals surface area contributed by atoms with E-state index in [-0.39, 0.29) is 0 Å². The maximum atomic E-state index is 8.19. The van der Waals surface area contributed by atoms with E-state index in [9.17, 15) is 0 Å². The molecule has 0 saturated heterocycles. The minimum absolute atomic E-state index is 0.778. The first-order valence-electron chi connectivity index (χ1n) is 2.32. The highest BCUT2D eigenvalue weighted by atomic mass is 32.1. The monoisotopic (exact) mass is 168 g/mol. The molecule has 0 spiro atoms. The number of nitriles is 1. The summed E-state index contributed by atoms with van der Waals surface area (Å²) in [5.74, 6) is 0. The fourth-order valence-corrected chi connectivity index (χ4v) is 0.856. The number of hydrogen-bond acceptors (Lipinski definition) is 4. The van der Waals surface area contributed by atoms with Gasteiger partial charge < -0.3 is 0 Å². The van der Waals surface area contributed by atoms with Crippen LogP contribution in [0.1, 0.15) is 4.88 Å². The van der Waals surface area contributed by atoms with Crippen LogP contribution in [0.3, 0.4) is 0 Å². The fraction of sp³-hybridized carbons (Fsp3) is 0. The van der Waals surface area contributed by atoms with Crippen LogP contribution in [0.5, 0.6) is 0 Å². The summed E-state index contributed by atoms with van der Waals surface area (Å²) in [5.41, 5.74) is 0. The molecular weight excluding hydrogens is 164 g/mol. The van der Waals surface area contributed by atoms with E-state index in [2.05, 4.69) is 12.2 Å². The molecule has 0 aromatic carbocycles. The maximum Gasteiger partial charge on any atom is 0.110 e. The molecule has 50 valence electrons. The largest absolute Gasteiger partial charge is 0.248 e. The van der Waals surface area contributed by atoms with Crippen LogP contribution in [-0.4, -0.2) is 5.16 Å². The lowest BCUT2D eigenvalue weighted by molar-refractivity contribution is 1.52. The Balaban J connectivity index is 0.000000236. The number of thiocarbonyl (C=S) groups is 1. The van der Waals surface area contributed by atoms with E-state index in [1.165, 1.54) is 11.3 Å². The van der Waals surface area contributed by atoms with E-state index in [0.29, 0.717) is 0 Å². The van der Waals surface area contributed by atoms with Gasteiger partial charge in [-0.2, -0.15) is 5.26 Å². The minimum Gasteiger partial charge on any atom is -0.248 e. The summed E-state index contributed by atoms with van der Waals surface area (Å²) in [4.78, 5) is 0.778. The van der Waals surface area contributed by atoms with Gasteiger partial charge in [-0.05, 0) is 23.7 Å². The molecule has 0 aliphatic heterocycles. The van der Waals surface area contributed by atoms with Crippen molar-refractivity contribution in [1.29, 1.82) is 10.7 Å². The lowest BCUT2D eigenvalue weighted by Gasteiger charge is -1.62. The first kappa shape index (κ1) is 8.99. The average molecular weight is 168 g/mol. The highest BCUT2D eigenvalue weighted by Crippen LogP contribution is 2.04. The zero-order valence-corrected chi connectivity index (χ0v) is 6.63. The summed E-state index contributed by atoms with van der Waals surface area (Å²) in [6.07, 6.45) is 0. The Kier molecular flexibility index (Phi) is 5.50. The molecule has 0 radical (unpaired) electrons. The topological polar surface area (TPSA) is 47.6 Å². The standard InChI is InChI=1S/C5H3NS.CHNS/c6-4-5-2-1-3-7-5;2-1-3/h1-3H;2H. The van der Waals surface area contributed by atoms with E-state index in [4.69, 9.17) is 10.7 Å². The van der Waals surface area contributed by atoms with E-state index in [1.807, 2.05) is 17.5 Å². The van der Waals surface area contributed by atoms with Crippen molar-refractivity contribution >= 4 is 28.7 Å². The molecule has 0 saturated carbocycles. The van der Waals surface area contributed by atoms with Gasteiger partial charge in [-0.15, -0.1) is 11.3 Å². The first-order chi connectivity index (χ1) is 4.85. The molecule has 0 unspecified atom stereocenters. The van der Waals surface area contributed by atoms with Gasteiger partial charge >= 0.3 is 0 Å². The Labute approximate surface area is 68.2 Å². The van der Waals surface area contributed by atoms with Crippen molar-refractivity contribution in [2.75, 3.05) is 0 Å². The van der Waals surface area contributed by atoms with E-state index in [1.54, 1.807) is 11.2 Å². The van der Waals surface area contributed by atoms with Crippen LogP contribution in [0.2, 0.25) is 0 Å². The molecule has 1 aromatic rings. The summed E-state index contributed by atoms with van der Waals surface area (Å²) in [7, 11) is 0. The molecule has 1 heterocycles. The lowest BCUT2D eigenvalue weighted by Crippen LogP contribution is -1.50. The summed E-state index contributed by atoms with van der Waals surface area (Å²) >= 11 is 5.27. The third kappa shape index (κ3) is 3.93. The first-order valence-corrected chi connectivity index (χ1v) is 3.61. The van der Waals surface area contributed by atoms with Gasteiger partial charge in [-0.25, -0.2) is 5.41 Å². The summed E-state index contributed by atoms with van der Waals surface area (Å²) in [5, 5.41) is 17.4. The van der Waals surface area contributed by atoms with Crippen LogP contribution >= 0.6 is 23.6 Å². The number of isothiocyanates is 1. The number of rotatable bonds is 0. The second kappa shape index (κ2) is 6.12. The zero-order chi connectivity index (χ0) is 7.82. The van der Waals surface area contributed by atoms with Crippen molar-refractivity contribution in [2.45, 2.75) is 0 Å². The van der Waals surface area contributed by atoms with Crippen molar-refractivity contribution in [3.63, 3.8) is 0 Å². The summed E-state index contributed by atoms with van der Waals surface area (Å²) in [6, 6.07) is 5.69. The predicted octanol–water partition coefficient (Wildman–Crippen LogP) is 2.29. The Morgan fingerprint density at radius 3 is 2.50 bits per heavy atom. The summed E-state index contributed by atoms with van der Waals surface area (Å²) < 4.78 is 0. The van der Waals surface area contributed by atoms with Gasteiger partial charge in [0.2, 0.25) is 0 Å². The highest BCUT2D eigenvalue weighted by Gasteiger charge is 1.82. The van der Waals surface area contributed by atoms with Gasteiger partial charge in [-0.1, -0.05) is 6.07 Å². The van der Waals surface area contributed by atoms with Crippen molar-refractivity contribution in [2.24, 2.45) is 0 Å². The quantitative estimate of drug-likeness (QED) is 0.477. The molecule has 4 heteroatoms. The molecule has 0 aliphatic rings. The molecular formula is C6H4N2S2. The molecule has 2 nitrogen and oxygen atoms in total. The van der Waals surface area contributed by atoms with Gasteiger partial charge in [0.15, 0.2) is 0 Å². The van der Waals surface area contributed by atoms with Crippen LogP contribution in [0.25, 0.3) is 0 Å². The normalized spacial score (nSPS) is 6.30.